The number of hydrogen-bond acceptors (Lipinski definition) is 6. The zero-order valence-corrected chi connectivity index (χ0v) is 18.0. The number of benzene rings is 3. The second-order valence-electron chi connectivity index (χ2n) is 7.16. The van der Waals surface area contributed by atoms with Gasteiger partial charge in [0.25, 0.3) is 10.0 Å². The average molecular weight is 450 g/mol. The molecule has 1 aromatic heterocycles. The SMILES string of the molecule is CCOc1ccc(S(=O)(=O)N2CN(c3ccc(F)cc3)c3nc4ccccc4nc32)cc1. The van der Waals surface area contributed by atoms with Gasteiger partial charge >= 0.3 is 0 Å². The topological polar surface area (TPSA) is 75.6 Å². The van der Waals surface area contributed by atoms with Gasteiger partial charge in [0.15, 0.2) is 11.6 Å². The Bertz CT molecular complexity index is 1390. The highest BCUT2D eigenvalue weighted by atomic mass is 32.2. The lowest BCUT2D eigenvalue weighted by atomic mass is 10.3. The molecule has 0 spiro atoms. The maximum Gasteiger partial charge on any atom is 0.267 e. The molecule has 0 unspecified atom stereocenters. The largest absolute Gasteiger partial charge is 0.494 e. The molecule has 4 aromatic rings. The number of hydrogen-bond donors (Lipinski definition) is 0. The van der Waals surface area contributed by atoms with Gasteiger partial charge in [0.1, 0.15) is 18.2 Å². The van der Waals surface area contributed by atoms with Crippen molar-refractivity contribution in [3.8, 4) is 5.75 Å². The number of ether oxygens (including phenoxy) is 1. The number of anilines is 3. The van der Waals surface area contributed by atoms with Crippen LogP contribution in [0.4, 0.5) is 21.7 Å². The zero-order chi connectivity index (χ0) is 22.3. The van der Waals surface area contributed by atoms with E-state index in [1.165, 1.54) is 28.6 Å². The molecule has 32 heavy (non-hydrogen) atoms. The van der Waals surface area contributed by atoms with Crippen molar-refractivity contribution in [2.24, 2.45) is 0 Å². The summed E-state index contributed by atoms with van der Waals surface area (Å²) in [6.07, 6.45) is 0. The molecule has 1 aliphatic heterocycles. The summed E-state index contributed by atoms with van der Waals surface area (Å²) < 4.78 is 47.3. The van der Waals surface area contributed by atoms with Crippen molar-refractivity contribution in [1.29, 1.82) is 0 Å². The van der Waals surface area contributed by atoms with Gasteiger partial charge in [-0.05, 0) is 67.6 Å². The maximum atomic E-state index is 13.6. The van der Waals surface area contributed by atoms with Crippen LogP contribution in [0.1, 0.15) is 6.92 Å². The number of aromatic nitrogens is 2. The van der Waals surface area contributed by atoms with Gasteiger partial charge in [-0.15, -0.1) is 0 Å². The first-order valence-electron chi connectivity index (χ1n) is 10.0. The third kappa shape index (κ3) is 3.40. The molecule has 1 aliphatic rings. The molecule has 0 saturated carbocycles. The molecule has 0 fully saturated rings. The molecule has 0 radical (unpaired) electrons. The number of fused-ring (bicyclic) bond motifs is 2. The summed E-state index contributed by atoms with van der Waals surface area (Å²) >= 11 is 0. The van der Waals surface area contributed by atoms with Crippen LogP contribution in [0, 0.1) is 5.82 Å². The van der Waals surface area contributed by atoms with Crippen molar-refractivity contribution in [2.75, 3.05) is 22.5 Å². The van der Waals surface area contributed by atoms with Crippen molar-refractivity contribution in [2.45, 2.75) is 11.8 Å². The molecule has 7 nitrogen and oxygen atoms in total. The molecule has 5 rings (SSSR count). The van der Waals surface area contributed by atoms with E-state index < -0.39 is 10.0 Å². The fraction of sp³-hybridized carbons (Fsp3) is 0.130. The van der Waals surface area contributed by atoms with Crippen LogP contribution in [0.25, 0.3) is 11.0 Å². The van der Waals surface area contributed by atoms with Crippen LogP contribution in [0.15, 0.2) is 77.7 Å². The van der Waals surface area contributed by atoms with Gasteiger partial charge in [-0.2, -0.15) is 0 Å². The Morgan fingerprint density at radius 2 is 1.53 bits per heavy atom. The second-order valence-corrected chi connectivity index (χ2v) is 9.03. The summed E-state index contributed by atoms with van der Waals surface area (Å²) in [7, 11) is -3.94. The van der Waals surface area contributed by atoms with Gasteiger partial charge in [0, 0.05) is 5.69 Å². The van der Waals surface area contributed by atoms with Crippen molar-refractivity contribution in [1.82, 2.24) is 9.97 Å². The van der Waals surface area contributed by atoms with E-state index in [0.29, 0.717) is 34.9 Å². The third-order valence-electron chi connectivity index (χ3n) is 5.16. The van der Waals surface area contributed by atoms with Crippen molar-refractivity contribution < 1.29 is 17.5 Å². The Morgan fingerprint density at radius 3 is 2.16 bits per heavy atom. The Kier molecular flexibility index (Phi) is 4.90. The smallest absolute Gasteiger partial charge is 0.267 e. The Balaban J connectivity index is 1.63. The van der Waals surface area contributed by atoms with Crippen molar-refractivity contribution >= 4 is 38.4 Å². The van der Waals surface area contributed by atoms with Gasteiger partial charge < -0.3 is 9.64 Å². The molecule has 0 aliphatic carbocycles. The minimum atomic E-state index is -3.94. The van der Waals surface area contributed by atoms with Crippen LogP contribution >= 0.6 is 0 Å². The third-order valence-corrected chi connectivity index (χ3v) is 6.89. The predicted molar refractivity (Wildman–Crippen MR) is 120 cm³/mol. The molecule has 0 N–H and O–H groups in total. The van der Waals surface area contributed by atoms with Gasteiger partial charge in [-0.1, -0.05) is 12.1 Å². The molecule has 0 saturated heterocycles. The highest BCUT2D eigenvalue weighted by Gasteiger charge is 2.38. The van der Waals surface area contributed by atoms with Crippen LogP contribution in [-0.4, -0.2) is 31.7 Å². The Labute approximate surface area is 184 Å². The molecular formula is C23H19FN4O3S. The molecule has 3 aromatic carbocycles. The minimum absolute atomic E-state index is 0.0349. The summed E-state index contributed by atoms with van der Waals surface area (Å²) in [5.41, 5.74) is 1.83. The fourth-order valence-corrected chi connectivity index (χ4v) is 4.96. The summed E-state index contributed by atoms with van der Waals surface area (Å²) in [5.74, 6) is 0.829. The minimum Gasteiger partial charge on any atom is -0.494 e. The van der Waals surface area contributed by atoms with E-state index in [-0.39, 0.29) is 23.2 Å². The van der Waals surface area contributed by atoms with E-state index in [1.54, 1.807) is 35.2 Å². The van der Waals surface area contributed by atoms with E-state index >= 15 is 0 Å². The lowest BCUT2D eigenvalue weighted by Gasteiger charge is -2.20. The molecule has 9 heteroatoms. The van der Waals surface area contributed by atoms with Gasteiger partial charge in [0.05, 0.1) is 22.5 Å². The lowest BCUT2D eigenvalue weighted by Crippen LogP contribution is -2.34. The molecule has 0 bridgehead atoms. The first-order valence-corrected chi connectivity index (χ1v) is 11.5. The Morgan fingerprint density at radius 1 is 0.906 bits per heavy atom. The number of nitrogens with zero attached hydrogens (tertiary/aromatic N) is 4. The van der Waals surface area contributed by atoms with Crippen LogP contribution in [0.3, 0.4) is 0 Å². The summed E-state index contributed by atoms with van der Waals surface area (Å²) in [5, 5.41) is 0. The second kappa shape index (κ2) is 7.76. The van der Waals surface area contributed by atoms with Crippen molar-refractivity contribution in [3.63, 3.8) is 0 Å². The normalized spacial score (nSPS) is 13.4. The van der Waals surface area contributed by atoms with Gasteiger partial charge in [0.2, 0.25) is 0 Å². The molecule has 2 heterocycles. The Hall–Kier alpha value is -3.72. The van der Waals surface area contributed by atoms with Gasteiger partial charge in [-0.25, -0.2) is 27.1 Å². The van der Waals surface area contributed by atoms with Crippen molar-refractivity contribution in [3.05, 3.63) is 78.6 Å². The molecule has 0 atom stereocenters. The summed E-state index contributed by atoms with van der Waals surface area (Å²) in [4.78, 5) is 11.1. The van der Waals surface area contributed by atoms with E-state index in [9.17, 15) is 12.8 Å². The standard InChI is InChI=1S/C23H19FN4O3S/c1-2-31-18-11-13-19(14-12-18)32(29,30)28-15-27(17-9-7-16(24)8-10-17)22-23(28)26-21-6-4-3-5-20(21)25-22/h3-14H,2,15H2,1H3. The van der Waals surface area contributed by atoms with E-state index in [0.717, 1.165) is 0 Å². The number of para-hydroxylation sites is 2. The highest BCUT2D eigenvalue weighted by molar-refractivity contribution is 7.92. The lowest BCUT2D eigenvalue weighted by molar-refractivity contribution is 0.340. The average Bonchev–Trinajstić information content (AvgIpc) is 3.18. The summed E-state index contributed by atoms with van der Waals surface area (Å²) in [6, 6.07) is 19.3. The summed E-state index contributed by atoms with van der Waals surface area (Å²) in [6.45, 7) is 2.31. The molecular weight excluding hydrogens is 431 g/mol. The van der Waals surface area contributed by atoms with Crippen LogP contribution < -0.4 is 13.9 Å². The highest BCUT2D eigenvalue weighted by Crippen LogP contribution is 2.41. The quantitative estimate of drug-likeness (QED) is 0.447. The fourth-order valence-electron chi connectivity index (χ4n) is 3.61. The van der Waals surface area contributed by atoms with E-state index in [4.69, 9.17) is 4.74 Å². The van der Waals surface area contributed by atoms with Crippen LogP contribution in [0.2, 0.25) is 0 Å². The first kappa shape index (κ1) is 20.2. The predicted octanol–water partition coefficient (Wildman–Crippen LogP) is 4.47. The molecule has 162 valence electrons. The van der Waals surface area contributed by atoms with E-state index in [1.807, 2.05) is 25.1 Å². The monoisotopic (exact) mass is 450 g/mol. The number of rotatable bonds is 5. The maximum absolute atomic E-state index is 13.6. The first-order chi connectivity index (χ1) is 15.5. The van der Waals surface area contributed by atoms with Gasteiger partial charge in [-0.3, -0.25) is 0 Å². The number of halogens is 1. The molecule has 0 amide bonds. The number of sulfonamides is 1. The van der Waals surface area contributed by atoms with Crippen LogP contribution in [-0.2, 0) is 10.0 Å². The van der Waals surface area contributed by atoms with E-state index in [2.05, 4.69) is 9.97 Å². The zero-order valence-electron chi connectivity index (χ0n) is 17.1. The van der Waals surface area contributed by atoms with Crippen LogP contribution in [0.5, 0.6) is 5.75 Å².